The normalized spacial score (nSPS) is 11.0. The molecule has 4 rings (SSSR count). The van der Waals surface area contributed by atoms with Gasteiger partial charge in [0.2, 0.25) is 0 Å². The van der Waals surface area contributed by atoms with E-state index in [1.807, 2.05) is 36.4 Å². The van der Waals surface area contributed by atoms with Gasteiger partial charge in [0.25, 0.3) is 5.91 Å². The van der Waals surface area contributed by atoms with E-state index in [4.69, 9.17) is 0 Å². The topological polar surface area (TPSA) is 57.8 Å². The van der Waals surface area contributed by atoms with Crippen molar-refractivity contribution < 1.29 is 4.79 Å². The fourth-order valence-corrected chi connectivity index (χ4v) is 2.88. The lowest BCUT2D eigenvalue weighted by atomic mass is 10.0. The summed E-state index contributed by atoms with van der Waals surface area (Å²) in [5.74, 6) is -0.104. The van der Waals surface area contributed by atoms with Crippen molar-refractivity contribution in [2.75, 3.05) is 0 Å². The minimum atomic E-state index is -0.104. The number of benzene rings is 3. The highest BCUT2D eigenvalue weighted by Gasteiger charge is 2.11. The molecule has 4 heteroatoms. The lowest BCUT2D eigenvalue weighted by molar-refractivity contribution is 0.0952. The molecule has 0 saturated carbocycles. The van der Waals surface area contributed by atoms with E-state index < -0.39 is 0 Å². The molecule has 3 aromatic carbocycles. The van der Waals surface area contributed by atoms with E-state index in [-0.39, 0.29) is 5.91 Å². The number of nitrogens with zero attached hydrogens (tertiary/aromatic N) is 1. The van der Waals surface area contributed by atoms with Crippen molar-refractivity contribution in [1.82, 2.24) is 15.5 Å². The molecule has 23 heavy (non-hydrogen) atoms. The van der Waals surface area contributed by atoms with Crippen LogP contribution in [-0.4, -0.2) is 16.1 Å². The summed E-state index contributed by atoms with van der Waals surface area (Å²) in [5, 5.41) is 13.2. The molecule has 1 amide bonds. The third-order valence-electron chi connectivity index (χ3n) is 4.04. The Morgan fingerprint density at radius 3 is 2.70 bits per heavy atom. The molecule has 0 aliphatic heterocycles. The van der Waals surface area contributed by atoms with Gasteiger partial charge in [0.15, 0.2) is 0 Å². The van der Waals surface area contributed by atoms with E-state index in [1.165, 1.54) is 5.39 Å². The number of hydrogen-bond acceptors (Lipinski definition) is 2. The van der Waals surface area contributed by atoms with Crippen LogP contribution in [0.4, 0.5) is 0 Å². The molecule has 0 radical (unpaired) electrons. The van der Waals surface area contributed by atoms with Crippen LogP contribution in [0.1, 0.15) is 15.9 Å². The Morgan fingerprint density at radius 1 is 0.957 bits per heavy atom. The average molecular weight is 301 g/mol. The number of H-pyrrole nitrogens is 1. The second-order valence-electron chi connectivity index (χ2n) is 5.46. The van der Waals surface area contributed by atoms with Gasteiger partial charge in [-0.1, -0.05) is 54.6 Å². The molecule has 0 atom stereocenters. The number of carbonyl (C=O) groups excluding carboxylic acids is 1. The van der Waals surface area contributed by atoms with Gasteiger partial charge in [-0.2, -0.15) is 5.10 Å². The van der Waals surface area contributed by atoms with Crippen LogP contribution in [-0.2, 0) is 6.54 Å². The highest BCUT2D eigenvalue weighted by molar-refractivity contribution is 6.05. The van der Waals surface area contributed by atoms with Crippen LogP contribution in [0.15, 0.2) is 66.9 Å². The fourth-order valence-electron chi connectivity index (χ4n) is 2.88. The molecule has 0 spiro atoms. The van der Waals surface area contributed by atoms with Crippen LogP contribution in [0.2, 0.25) is 0 Å². The molecule has 0 fully saturated rings. The molecule has 2 N–H and O–H groups in total. The van der Waals surface area contributed by atoms with E-state index >= 15 is 0 Å². The second kappa shape index (κ2) is 5.57. The molecular formula is C19H15N3O. The molecule has 4 nitrogen and oxygen atoms in total. The highest BCUT2D eigenvalue weighted by atomic mass is 16.1. The Morgan fingerprint density at radius 2 is 1.74 bits per heavy atom. The summed E-state index contributed by atoms with van der Waals surface area (Å²) in [4.78, 5) is 12.5. The highest BCUT2D eigenvalue weighted by Crippen LogP contribution is 2.19. The van der Waals surface area contributed by atoms with Crippen LogP contribution in [0.5, 0.6) is 0 Å². The first-order valence-corrected chi connectivity index (χ1v) is 7.50. The van der Waals surface area contributed by atoms with Gasteiger partial charge < -0.3 is 5.32 Å². The minimum Gasteiger partial charge on any atom is -0.348 e. The van der Waals surface area contributed by atoms with Crippen molar-refractivity contribution in [2.45, 2.75) is 6.54 Å². The lowest BCUT2D eigenvalue weighted by Gasteiger charge is -2.09. The number of rotatable bonds is 3. The van der Waals surface area contributed by atoms with E-state index in [9.17, 15) is 4.79 Å². The maximum Gasteiger partial charge on any atom is 0.253 e. The Labute approximate surface area is 133 Å². The summed E-state index contributed by atoms with van der Waals surface area (Å²) in [6, 6.07) is 19.9. The van der Waals surface area contributed by atoms with Crippen molar-refractivity contribution in [3.05, 3.63) is 78.0 Å². The first-order valence-electron chi connectivity index (χ1n) is 7.50. The minimum absolute atomic E-state index is 0.104. The van der Waals surface area contributed by atoms with Crippen molar-refractivity contribution >= 4 is 27.6 Å². The molecule has 1 aromatic heterocycles. The standard InChI is InChI=1S/C19H15N3O/c23-19(17-10-4-8-15-12-21-22-18(15)17)20-11-14-7-3-6-13-5-1-2-9-16(13)14/h1-10,12H,11H2,(H,20,23)(H,21,22). The number of hydrogen-bond donors (Lipinski definition) is 2. The molecule has 0 saturated heterocycles. The van der Waals surface area contributed by atoms with E-state index in [0.29, 0.717) is 12.1 Å². The van der Waals surface area contributed by atoms with Crippen LogP contribution >= 0.6 is 0 Å². The van der Waals surface area contributed by atoms with Crippen molar-refractivity contribution in [1.29, 1.82) is 0 Å². The monoisotopic (exact) mass is 301 g/mol. The summed E-state index contributed by atoms with van der Waals surface area (Å²) in [5.41, 5.74) is 2.48. The molecule has 4 aromatic rings. The van der Waals surface area contributed by atoms with Crippen molar-refractivity contribution in [3.63, 3.8) is 0 Å². The maximum absolute atomic E-state index is 12.5. The number of aromatic amines is 1. The van der Waals surface area contributed by atoms with Gasteiger partial charge >= 0.3 is 0 Å². The summed E-state index contributed by atoms with van der Waals surface area (Å²) >= 11 is 0. The van der Waals surface area contributed by atoms with E-state index in [0.717, 1.165) is 21.9 Å². The number of aromatic nitrogens is 2. The van der Waals surface area contributed by atoms with Gasteiger partial charge in [0, 0.05) is 11.9 Å². The van der Waals surface area contributed by atoms with Crippen LogP contribution in [0, 0.1) is 0 Å². The molecule has 1 heterocycles. The largest absolute Gasteiger partial charge is 0.348 e. The zero-order valence-electron chi connectivity index (χ0n) is 12.4. The summed E-state index contributed by atoms with van der Waals surface area (Å²) < 4.78 is 0. The molecule has 0 bridgehead atoms. The van der Waals surface area contributed by atoms with Crippen molar-refractivity contribution in [2.24, 2.45) is 0 Å². The summed E-state index contributed by atoms with van der Waals surface area (Å²) in [6.45, 7) is 0.491. The zero-order chi connectivity index (χ0) is 15.6. The van der Waals surface area contributed by atoms with Gasteiger partial charge in [0.1, 0.15) is 0 Å². The van der Waals surface area contributed by atoms with Gasteiger partial charge in [-0.05, 0) is 22.4 Å². The van der Waals surface area contributed by atoms with Gasteiger partial charge in [-0.3, -0.25) is 9.89 Å². The van der Waals surface area contributed by atoms with E-state index in [2.05, 4.69) is 33.7 Å². The number of carbonyl (C=O) groups is 1. The average Bonchev–Trinajstić information content (AvgIpc) is 3.08. The quantitative estimate of drug-likeness (QED) is 0.607. The Kier molecular flexibility index (Phi) is 3.27. The molecule has 0 aliphatic carbocycles. The smallest absolute Gasteiger partial charge is 0.253 e. The first kappa shape index (κ1) is 13.5. The molecule has 0 aliphatic rings. The number of nitrogens with one attached hydrogen (secondary N) is 2. The Hall–Kier alpha value is -3.14. The SMILES string of the molecule is O=C(NCc1cccc2ccccc12)c1cccc2cn[nH]c12. The predicted octanol–water partition coefficient (Wildman–Crippen LogP) is 3.65. The van der Waals surface area contributed by atoms with E-state index in [1.54, 1.807) is 12.3 Å². The van der Waals surface area contributed by atoms with Gasteiger partial charge in [0.05, 0.1) is 17.3 Å². The molecule has 0 unspecified atom stereocenters. The van der Waals surface area contributed by atoms with Crippen LogP contribution in [0.3, 0.4) is 0 Å². The molecular weight excluding hydrogens is 286 g/mol. The summed E-state index contributed by atoms with van der Waals surface area (Å²) in [6.07, 6.45) is 1.72. The maximum atomic E-state index is 12.5. The lowest BCUT2D eigenvalue weighted by Crippen LogP contribution is -2.23. The summed E-state index contributed by atoms with van der Waals surface area (Å²) in [7, 11) is 0. The Balaban J connectivity index is 1.61. The fraction of sp³-hybridized carbons (Fsp3) is 0.0526. The van der Waals surface area contributed by atoms with Gasteiger partial charge in [-0.25, -0.2) is 0 Å². The third kappa shape index (κ3) is 2.44. The Bertz CT molecular complexity index is 998. The van der Waals surface area contributed by atoms with Crippen molar-refractivity contribution in [3.8, 4) is 0 Å². The number of fused-ring (bicyclic) bond motifs is 2. The predicted molar refractivity (Wildman–Crippen MR) is 91.2 cm³/mol. The number of para-hydroxylation sites is 1. The van der Waals surface area contributed by atoms with Gasteiger partial charge in [-0.15, -0.1) is 0 Å². The first-order chi connectivity index (χ1) is 11.3. The van der Waals surface area contributed by atoms with Crippen LogP contribution < -0.4 is 5.32 Å². The van der Waals surface area contributed by atoms with Crippen LogP contribution in [0.25, 0.3) is 21.7 Å². The zero-order valence-corrected chi connectivity index (χ0v) is 12.4. The third-order valence-corrected chi connectivity index (χ3v) is 4.04. The number of amides is 1. The molecule has 112 valence electrons. The second-order valence-corrected chi connectivity index (χ2v) is 5.46.